The summed E-state index contributed by atoms with van der Waals surface area (Å²) in [6.07, 6.45) is 7.41. The maximum atomic E-state index is 6.17. The number of nitrogen functional groups attached to an aromatic ring is 1. The number of rotatable bonds is 9. The van der Waals surface area contributed by atoms with Crippen molar-refractivity contribution < 1.29 is 0 Å². The van der Waals surface area contributed by atoms with Gasteiger partial charge in [0.2, 0.25) is 5.65 Å². The highest BCUT2D eigenvalue weighted by atomic mass is 15.3. The zero-order valence-corrected chi connectivity index (χ0v) is 20.3. The van der Waals surface area contributed by atoms with Crippen molar-refractivity contribution in [2.75, 3.05) is 12.3 Å². The van der Waals surface area contributed by atoms with Gasteiger partial charge in [0.05, 0.1) is 6.54 Å². The second-order valence-corrected chi connectivity index (χ2v) is 9.23. The number of benzene rings is 2. The van der Waals surface area contributed by atoms with Crippen molar-refractivity contribution in [3.8, 4) is 0 Å². The molecule has 4 aromatic rings. The Kier molecular flexibility index (Phi) is 7.33. The highest BCUT2D eigenvalue weighted by Crippen LogP contribution is 2.33. The maximum absolute atomic E-state index is 6.17. The van der Waals surface area contributed by atoms with Crippen molar-refractivity contribution in [3.63, 3.8) is 0 Å². The largest absolute Gasteiger partial charge is 0.404 e. The van der Waals surface area contributed by atoms with E-state index >= 15 is 0 Å². The molecule has 6 N–H and O–H groups in total. The third-order valence-electron chi connectivity index (χ3n) is 6.78. The first kappa shape index (κ1) is 23.7. The van der Waals surface area contributed by atoms with Crippen LogP contribution >= 0.6 is 0 Å². The van der Waals surface area contributed by atoms with Crippen LogP contribution in [-0.4, -0.2) is 33.2 Å². The van der Waals surface area contributed by atoms with Gasteiger partial charge in [0, 0.05) is 18.7 Å². The van der Waals surface area contributed by atoms with Gasteiger partial charge in [-0.1, -0.05) is 48.5 Å². The molecule has 3 heterocycles. The third kappa shape index (κ3) is 5.44. The molecule has 1 unspecified atom stereocenters. The molecule has 1 aliphatic heterocycles. The number of aliphatic imine (C=N–C) groups is 1. The summed E-state index contributed by atoms with van der Waals surface area (Å²) in [4.78, 5) is 9.10. The lowest BCUT2D eigenvalue weighted by Crippen LogP contribution is -2.23. The molecular weight excluding hydrogens is 448 g/mol. The Balaban J connectivity index is 1.38. The molecule has 0 bridgehead atoms. The maximum Gasteiger partial charge on any atom is 0.203 e. The molecule has 2 aromatic heterocycles. The van der Waals surface area contributed by atoms with E-state index in [2.05, 4.69) is 68.2 Å². The average molecular weight is 481 g/mol. The molecule has 5 rings (SSSR count). The molecule has 0 spiro atoms. The van der Waals surface area contributed by atoms with Gasteiger partial charge in [-0.25, -0.2) is 4.98 Å². The normalized spacial score (nSPS) is 14.8. The van der Waals surface area contributed by atoms with Gasteiger partial charge in [-0.05, 0) is 77.9 Å². The molecule has 0 amide bonds. The molecule has 0 saturated heterocycles. The lowest BCUT2D eigenvalue weighted by molar-refractivity contribution is 0.643. The van der Waals surface area contributed by atoms with Crippen LogP contribution in [0.1, 0.15) is 46.6 Å². The lowest BCUT2D eigenvalue weighted by Gasteiger charge is -2.19. The predicted molar refractivity (Wildman–Crippen MR) is 145 cm³/mol. The Labute approximate surface area is 210 Å². The fourth-order valence-corrected chi connectivity index (χ4v) is 4.94. The van der Waals surface area contributed by atoms with Crippen LogP contribution in [0.5, 0.6) is 0 Å². The molecular formula is C28H32N8. The number of aryl methyl sites for hydroxylation is 1. The standard InChI is InChI=1S/C28H32N8/c29-15-23(18-32-16-20-9-10-22-17-31-12-11-21(22)13-20)24(8-4-7-19-5-2-1-3-6-19)25-14-26(30)33-28-27(25)34-36-35-28/h1-3,5-6,9-10,13-15,18,24,31H,4,7-8,11-12,16-17,29H2,(H3,30,33,34,35,36). The second-order valence-electron chi connectivity index (χ2n) is 9.23. The molecule has 0 fully saturated rings. The van der Waals surface area contributed by atoms with Crippen molar-refractivity contribution >= 4 is 23.2 Å². The van der Waals surface area contributed by atoms with E-state index in [0.717, 1.165) is 49.9 Å². The third-order valence-corrected chi connectivity index (χ3v) is 6.78. The van der Waals surface area contributed by atoms with Gasteiger partial charge < -0.3 is 16.8 Å². The number of nitrogens with two attached hydrogens (primary N) is 2. The summed E-state index contributed by atoms with van der Waals surface area (Å²) in [5.41, 5.74) is 20.7. The van der Waals surface area contributed by atoms with Crippen molar-refractivity contribution in [1.82, 2.24) is 25.7 Å². The Morgan fingerprint density at radius 3 is 2.81 bits per heavy atom. The van der Waals surface area contributed by atoms with Crippen molar-refractivity contribution in [1.29, 1.82) is 0 Å². The van der Waals surface area contributed by atoms with E-state index in [0.29, 0.717) is 23.5 Å². The van der Waals surface area contributed by atoms with Crippen LogP contribution in [-0.2, 0) is 25.9 Å². The first-order valence-corrected chi connectivity index (χ1v) is 12.4. The zero-order chi connectivity index (χ0) is 24.7. The molecule has 8 nitrogen and oxygen atoms in total. The number of aromatic amines is 1. The number of anilines is 1. The fourth-order valence-electron chi connectivity index (χ4n) is 4.94. The van der Waals surface area contributed by atoms with Crippen LogP contribution < -0.4 is 16.8 Å². The topological polar surface area (TPSA) is 131 Å². The molecule has 0 saturated carbocycles. The Morgan fingerprint density at radius 1 is 1.06 bits per heavy atom. The number of nitrogens with one attached hydrogen (secondary N) is 2. The highest BCUT2D eigenvalue weighted by Gasteiger charge is 2.21. The lowest BCUT2D eigenvalue weighted by atomic mass is 9.86. The minimum atomic E-state index is -0.0324. The van der Waals surface area contributed by atoms with Gasteiger partial charge in [-0.3, -0.25) is 4.99 Å². The molecule has 2 aromatic carbocycles. The van der Waals surface area contributed by atoms with Crippen LogP contribution in [0.4, 0.5) is 5.82 Å². The van der Waals surface area contributed by atoms with E-state index in [1.165, 1.54) is 22.3 Å². The molecule has 1 aliphatic rings. The zero-order valence-electron chi connectivity index (χ0n) is 20.3. The number of hydrogen-bond donors (Lipinski definition) is 4. The number of nitrogens with zero attached hydrogens (tertiary/aromatic N) is 4. The molecule has 184 valence electrons. The number of allylic oxidation sites excluding steroid dienone is 1. The summed E-state index contributed by atoms with van der Waals surface area (Å²) in [5, 5.41) is 14.6. The number of fused-ring (bicyclic) bond motifs is 2. The van der Waals surface area contributed by atoms with Crippen molar-refractivity contribution in [3.05, 3.63) is 94.2 Å². The summed E-state index contributed by atoms with van der Waals surface area (Å²) < 4.78 is 0. The molecule has 8 heteroatoms. The van der Waals surface area contributed by atoms with Gasteiger partial charge in [-0.15, -0.1) is 5.10 Å². The number of aromatic nitrogens is 4. The number of pyridine rings is 1. The van der Waals surface area contributed by atoms with Gasteiger partial charge in [-0.2, -0.15) is 10.3 Å². The monoisotopic (exact) mass is 480 g/mol. The van der Waals surface area contributed by atoms with E-state index in [1.807, 2.05) is 18.3 Å². The van der Waals surface area contributed by atoms with E-state index in [4.69, 9.17) is 16.5 Å². The van der Waals surface area contributed by atoms with Crippen LogP contribution in [0.15, 0.2) is 71.4 Å². The van der Waals surface area contributed by atoms with Crippen LogP contribution in [0.2, 0.25) is 0 Å². The molecule has 0 aliphatic carbocycles. The summed E-state index contributed by atoms with van der Waals surface area (Å²) in [5.74, 6) is 0.381. The van der Waals surface area contributed by atoms with E-state index in [9.17, 15) is 0 Å². The minimum Gasteiger partial charge on any atom is -0.404 e. The highest BCUT2D eigenvalue weighted by molar-refractivity contribution is 5.84. The number of H-pyrrole nitrogens is 1. The minimum absolute atomic E-state index is 0.0324. The quantitative estimate of drug-likeness (QED) is 0.270. The van der Waals surface area contributed by atoms with Crippen molar-refractivity contribution in [2.24, 2.45) is 10.7 Å². The van der Waals surface area contributed by atoms with Gasteiger partial charge in [0.1, 0.15) is 11.3 Å². The summed E-state index contributed by atoms with van der Waals surface area (Å²) in [6.45, 7) is 2.57. The Morgan fingerprint density at radius 2 is 1.94 bits per heavy atom. The first-order chi connectivity index (χ1) is 17.7. The van der Waals surface area contributed by atoms with E-state index in [-0.39, 0.29) is 5.92 Å². The summed E-state index contributed by atoms with van der Waals surface area (Å²) in [7, 11) is 0. The second kappa shape index (κ2) is 11.1. The summed E-state index contributed by atoms with van der Waals surface area (Å²) in [6, 6.07) is 19.0. The van der Waals surface area contributed by atoms with E-state index in [1.54, 1.807) is 6.20 Å². The molecule has 36 heavy (non-hydrogen) atoms. The fraction of sp³-hybridized carbons (Fsp3) is 0.286. The SMILES string of the molecule is NC=C(C=NCc1ccc2c(c1)CCNC2)C(CCCc1ccccc1)c1cc(N)nc2n[nH]nc12. The number of hydrogen-bond acceptors (Lipinski definition) is 7. The Hall–Kier alpha value is -4.04. The van der Waals surface area contributed by atoms with Crippen LogP contribution in [0.25, 0.3) is 11.2 Å². The molecule has 0 radical (unpaired) electrons. The van der Waals surface area contributed by atoms with Gasteiger partial charge in [0.15, 0.2) is 0 Å². The van der Waals surface area contributed by atoms with Crippen molar-refractivity contribution in [2.45, 2.75) is 44.7 Å². The first-order valence-electron chi connectivity index (χ1n) is 12.4. The smallest absolute Gasteiger partial charge is 0.203 e. The van der Waals surface area contributed by atoms with Crippen LogP contribution in [0, 0.1) is 0 Å². The summed E-state index contributed by atoms with van der Waals surface area (Å²) >= 11 is 0. The predicted octanol–water partition coefficient (Wildman–Crippen LogP) is 3.80. The molecule has 1 atom stereocenters. The van der Waals surface area contributed by atoms with E-state index < -0.39 is 0 Å². The van der Waals surface area contributed by atoms with Crippen LogP contribution in [0.3, 0.4) is 0 Å². The Bertz CT molecular complexity index is 1370. The van der Waals surface area contributed by atoms with Gasteiger partial charge >= 0.3 is 0 Å². The van der Waals surface area contributed by atoms with Gasteiger partial charge in [0.25, 0.3) is 0 Å². The average Bonchev–Trinajstić information content (AvgIpc) is 3.38.